The number of halogens is 2. The molecule has 1 fully saturated rings. The topological polar surface area (TPSA) is 21.3 Å². The van der Waals surface area contributed by atoms with Gasteiger partial charge in [-0.2, -0.15) is 0 Å². The Morgan fingerprint density at radius 3 is 2.76 bits per heavy atom. The van der Waals surface area contributed by atoms with Gasteiger partial charge in [0, 0.05) is 17.1 Å². The van der Waals surface area contributed by atoms with E-state index >= 15 is 0 Å². The van der Waals surface area contributed by atoms with Crippen LogP contribution in [0.3, 0.4) is 0 Å². The van der Waals surface area contributed by atoms with Crippen molar-refractivity contribution in [2.24, 2.45) is 0 Å². The molecule has 1 saturated carbocycles. The molecule has 3 rings (SSSR count). The first-order chi connectivity index (χ1) is 10.1. The fraction of sp³-hybridized carbons (Fsp3) is 0.294. The number of rotatable bonds is 5. The summed E-state index contributed by atoms with van der Waals surface area (Å²) >= 11 is 9.58. The lowest BCUT2D eigenvalue weighted by Crippen LogP contribution is -2.15. The third-order valence-electron chi connectivity index (χ3n) is 3.59. The molecule has 2 aromatic rings. The fourth-order valence-electron chi connectivity index (χ4n) is 2.15. The molecule has 1 aliphatic carbocycles. The van der Waals surface area contributed by atoms with E-state index < -0.39 is 0 Å². The summed E-state index contributed by atoms with van der Waals surface area (Å²) in [7, 11) is 0. The molecule has 2 nitrogen and oxygen atoms in total. The van der Waals surface area contributed by atoms with Crippen LogP contribution in [0.2, 0.25) is 5.02 Å². The Bertz CT molecular complexity index is 655. The second kappa shape index (κ2) is 6.39. The van der Waals surface area contributed by atoms with Gasteiger partial charge in [0.15, 0.2) is 0 Å². The van der Waals surface area contributed by atoms with Crippen LogP contribution < -0.4 is 10.1 Å². The van der Waals surface area contributed by atoms with E-state index in [1.807, 2.05) is 24.3 Å². The lowest BCUT2D eigenvalue weighted by molar-refractivity contribution is 0.481. The molecule has 110 valence electrons. The Kier molecular flexibility index (Phi) is 4.53. The Balaban J connectivity index is 1.73. The molecule has 0 saturated heterocycles. The summed E-state index contributed by atoms with van der Waals surface area (Å²) in [6, 6.07) is 12.5. The van der Waals surface area contributed by atoms with Crippen LogP contribution in [-0.4, -0.2) is 6.04 Å². The van der Waals surface area contributed by atoms with Crippen molar-refractivity contribution in [3.8, 4) is 11.5 Å². The molecule has 1 N–H and O–H groups in total. The molecule has 0 radical (unpaired) electrons. The van der Waals surface area contributed by atoms with Crippen molar-refractivity contribution in [2.75, 3.05) is 0 Å². The molecule has 0 aliphatic heterocycles. The summed E-state index contributed by atoms with van der Waals surface area (Å²) in [5, 5.41) is 4.14. The third-order valence-corrected chi connectivity index (χ3v) is 4.40. The molecule has 0 amide bonds. The van der Waals surface area contributed by atoms with E-state index in [0.717, 1.165) is 22.8 Å². The first-order valence-corrected chi connectivity index (χ1v) is 8.25. The van der Waals surface area contributed by atoms with Crippen molar-refractivity contribution >= 4 is 27.5 Å². The van der Waals surface area contributed by atoms with Crippen LogP contribution in [0.25, 0.3) is 0 Å². The zero-order valence-electron chi connectivity index (χ0n) is 11.8. The smallest absolute Gasteiger partial charge is 0.147 e. The number of hydrogen-bond acceptors (Lipinski definition) is 2. The molecule has 2 aromatic carbocycles. The van der Waals surface area contributed by atoms with Gasteiger partial charge in [-0.1, -0.05) is 33.6 Å². The largest absolute Gasteiger partial charge is 0.456 e. The van der Waals surface area contributed by atoms with Crippen molar-refractivity contribution in [3.05, 3.63) is 57.0 Å². The van der Waals surface area contributed by atoms with E-state index in [1.54, 1.807) is 0 Å². The summed E-state index contributed by atoms with van der Waals surface area (Å²) in [6.45, 7) is 3.04. The van der Waals surface area contributed by atoms with Crippen molar-refractivity contribution in [2.45, 2.75) is 32.4 Å². The Labute approximate surface area is 138 Å². The molecule has 4 heteroatoms. The molecule has 0 aromatic heterocycles. The first-order valence-electron chi connectivity index (χ1n) is 7.07. The summed E-state index contributed by atoms with van der Waals surface area (Å²) in [4.78, 5) is 0. The van der Waals surface area contributed by atoms with Gasteiger partial charge in [-0.25, -0.2) is 0 Å². The average Bonchev–Trinajstić information content (AvgIpc) is 3.26. The summed E-state index contributed by atoms with van der Waals surface area (Å²) in [5.74, 6) is 1.47. The highest BCUT2D eigenvalue weighted by Crippen LogP contribution is 2.32. The molecule has 0 unspecified atom stereocenters. The quantitative estimate of drug-likeness (QED) is 0.759. The number of hydrogen-bond donors (Lipinski definition) is 1. The van der Waals surface area contributed by atoms with Gasteiger partial charge in [0.25, 0.3) is 0 Å². The summed E-state index contributed by atoms with van der Waals surface area (Å²) in [5.41, 5.74) is 2.54. The second-order valence-electron chi connectivity index (χ2n) is 5.42. The molecule has 0 bridgehead atoms. The molecule has 1 aliphatic rings. The van der Waals surface area contributed by atoms with E-state index in [4.69, 9.17) is 16.3 Å². The maximum absolute atomic E-state index is 6.15. The average molecular weight is 367 g/mol. The van der Waals surface area contributed by atoms with Gasteiger partial charge in [-0.15, -0.1) is 0 Å². The first kappa shape index (κ1) is 14.9. The van der Waals surface area contributed by atoms with Crippen LogP contribution in [0.1, 0.15) is 24.0 Å². The van der Waals surface area contributed by atoms with E-state index in [2.05, 4.69) is 40.3 Å². The van der Waals surface area contributed by atoms with Crippen LogP contribution in [0, 0.1) is 6.92 Å². The fourth-order valence-corrected chi connectivity index (χ4v) is 2.65. The summed E-state index contributed by atoms with van der Waals surface area (Å²) < 4.78 is 6.83. The number of aryl methyl sites for hydroxylation is 1. The van der Waals surface area contributed by atoms with Crippen molar-refractivity contribution in [1.82, 2.24) is 5.32 Å². The van der Waals surface area contributed by atoms with Gasteiger partial charge >= 0.3 is 0 Å². The zero-order valence-corrected chi connectivity index (χ0v) is 14.2. The molecule has 0 spiro atoms. The monoisotopic (exact) mass is 365 g/mol. The van der Waals surface area contributed by atoms with Crippen molar-refractivity contribution in [3.63, 3.8) is 0 Å². The maximum atomic E-state index is 6.15. The highest BCUT2D eigenvalue weighted by molar-refractivity contribution is 9.10. The Morgan fingerprint density at radius 2 is 2.05 bits per heavy atom. The number of ether oxygens (including phenoxy) is 1. The number of benzene rings is 2. The van der Waals surface area contributed by atoms with Crippen molar-refractivity contribution in [1.29, 1.82) is 0 Å². The minimum absolute atomic E-state index is 0.607. The Morgan fingerprint density at radius 1 is 1.24 bits per heavy atom. The normalized spacial score (nSPS) is 14.2. The molecular weight excluding hydrogens is 350 g/mol. The lowest BCUT2D eigenvalue weighted by atomic mass is 10.1. The molecule has 0 atom stereocenters. The van der Waals surface area contributed by atoms with Crippen LogP contribution in [0.4, 0.5) is 0 Å². The van der Waals surface area contributed by atoms with Gasteiger partial charge in [0.05, 0.1) is 5.02 Å². The molecule has 0 heterocycles. The maximum Gasteiger partial charge on any atom is 0.147 e. The third kappa shape index (κ3) is 4.00. The predicted molar refractivity (Wildman–Crippen MR) is 90.3 cm³/mol. The summed E-state index contributed by atoms with van der Waals surface area (Å²) in [6.07, 6.45) is 2.61. The second-order valence-corrected chi connectivity index (χ2v) is 6.74. The minimum atomic E-state index is 0.607. The highest BCUT2D eigenvalue weighted by Gasteiger charge is 2.20. The lowest BCUT2D eigenvalue weighted by Gasteiger charge is -2.12. The van der Waals surface area contributed by atoms with Gasteiger partial charge < -0.3 is 10.1 Å². The van der Waals surface area contributed by atoms with Gasteiger partial charge in [-0.3, -0.25) is 0 Å². The Hall–Kier alpha value is -1.03. The SMILES string of the molecule is Cc1cc(Oc2cc(Br)ccc2Cl)ccc1CNC1CC1. The highest BCUT2D eigenvalue weighted by atomic mass is 79.9. The number of nitrogens with one attached hydrogen (secondary N) is 1. The van der Waals surface area contributed by atoms with Gasteiger partial charge in [0.1, 0.15) is 11.5 Å². The zero-order chi connectivity index (χ0) is 14.8. The van der Waals surface area contributed by atoms with Crippen LogP contribution in [-0.2, 0) is 6.54 Å². The van der Waals surface area contributed by atoms with Gasteiger partial charge in [-0.05, 0) is 61.2 Å². The predicted octanol–water partition coefficient (Wildman–Crippen LogP) is 5.46. The minimum Gasteiger partial charge on any atom is -0.456 e. The van der Waals surface area contributed by atoms with E-state index in [1.165, 1.54) is 24.0 Å². The van der Waals surface area contributed by atoms with Crippen LogP contribution in [0.15, 0.2) is 40.9 Å². The molecular formula is C17H17BrClNO. The van der Waals surface area contributed by atoms with E-state index in [0.29, 0.717) is 10.8 Å². The standard InChI is InChI=1S/C17H17BrClNO/c1-11-8-15(6-2-12(11)10-20-14-4-5-14)21-17-9-13(18)3-7-16(17)19/h2-3,6-9,14,20H,4-5,10H2,1H3. The van der Waals surface area contributed by atoms with E-state index in [-0.39, 0.29) is 0 Å². The molecule has 21 heavy (non-hydrogen) atoms. The van der Waals surface area contributed by atoms with Crippen molar-refractivity contribution < 1.29 is 4.74 Å². The van der Waals surface area contributed by atoms with Crippen LogP contribution in [0.5, 0.6) is 11.5 Å². The van der Waals surface area contributed by atoms with E-state index in [9.17, 15) is 0 Å². The van der Waals surface area contributed by atoms with Gasteiger partial charge in [0.2, 0.25) is 0 Å². The van der Waals surface area contributed by atoms with Crippen LogP contribution >= 0.6 is 27.5 Å².